The Labute approximate surface area is 168 Å². The topological polar surface area (TPSA) is 36.3 Å². The van der Waals surface area contributed by atoms with Gasteiger partial charge in [-0.1, -0.05) is 59.1 Å². The maximum atomic E-state index is 6.48. The molecule has 4 nitrogen and oxygen atoms in total. The van der Waals surface area contributed by atoms with Crippen LogP contribution in [-0.2, 0) is 28.2 Å². The van der Waals surface area contributed by atoms with Gasteiger partial charge in [0.15, 0.2) is 0 Å². The molecule has 1 aliphatic rings. The standard InChI is InChI=1S/C21H20Cl2N2O2/c1-15-2-5-17(6-3-15)21(13-25-9-8-24-14-25)26-12-19(27-21)10-16-4-7-18(22)11-20(16)23/h2-9,11,14,19H,10,12-13H2,1H3. The molecule has 1 aliphatic heterocycles. The van der Waals surface area contributed by atoms with E-state index in [2.05, 4.69) is 36.2 Å². The van der Waals surface area contributed by atoms with Gasteiger partial charge < -0.3 is 14.0 Å². The number of nitrogens with zero attached hydrogens (tertiary/aromatic N) is 2. The Balaban J connectivity index is 1.59. The molecule has 2 aromatic carbocycles. The summed E-state index contributed by atoms with van der Waals surface area (Å²) in [6.45, 7) is 3.08. The van der Waals surface area contributed by atoms with Crippen molar-refractivity contribution in [2.24, 2.45) is 0 Å². The monoisotopic (exact) mass is 402 g/mol. The lowest BCUT2D eigenvalue weighted by Gasteiger charge is -2.29. The minimum atomic E-state index is -0.849. The first-order chi connectivity index (χ1) is 13.0. The van der Waals surface area contributed by atoms with E-state index >= 15 is 0 Å². The van der Waals surface area contributed by atoms with Crippen molar-refractivity contribution in [2.45, 2.75) is 31.8 Å². The zero-order valence-corrected chi connectivity index (χ0v) is 16.5. The summed E-state index contributed by atoms with van der Waals surface area (Å²) in [6, 6.07) is 13.8. The molecule has 0 saturated carbocycles. The highest BCUT2D eigenvalue weighted by molar-refractivity contribution is 6.35. The van der Waals surface area contributed by atoms with E-state index in [9.17, 15) is 0 Å². The molecule has 1 aromatic heterocycles. The summed E-state index contributed by atoms with van der Waals surface area (Å²) in [6.07, 6.45) is 5.99. The van der Waals surface area contributed by atoms with Crippen molar-refractivity contribution in [3.8, 4) is 0 Å². The Hall–Kier alpha value is -1.85. The first kappa shape index (κ1) is 18.5. The van der Waals surface area contributed by atoms with Gasteiger partial charge in [-0.25, -0.2) is 4.98 Å². The van der Waals surface area contributed by atoms with Gasteiger partial charge in [0.2, 0.25) is 5.79 Å². The summed E-state index contributed by atoms with van der Waals surface area (Å²) >= 11 is 12.3. The SMILES string of the molecule is Cc1ccc(C2(Cn3ccnc3)OCC(Cc3ccc(Cl)cc3Cl)O2)cc1. The number of aromatic nitrogens is 2. The first-order valence-electron chi connectivity index (χ1n) is 8.83. The van der Waals surface area contributed by atoms with Crippen molar-refractivity contribution >= 4 is 23.2 Å². The predicted molar refractivity (Wildman–Crippen MR) is 106 cm³/mol. The molecule has 1 fully saturated rings. The minimum Gasteiger partial charge on any atom is -0.342 e. The van der Waals surface area contributed by atoms with Crippen LogP contribution in [0.15, 0.2) is 61.2 Å². The van der Waals surface area contributed by atoms with Crippen LogP contribution in [0.25, 0.3) is 0 Å². The van der Waals surface area contributed by atoms with Gasteiger partial charge in [0.05, 0.1) is 25.6 Å². The number of ether oxygens (including phenoxy) is 2. The Morgan fingerprint density at radius 1 is 1.19 bits per heavy atom. The summed E-state index contributed by atoms with van der Waals surface area (Å²) in [5, 5.41) is 1.27. The van der Waals surface area contributed by atoms with Crippen LogP contribution < -0.4 is 0 Å². The molecule has 3 aromatic rings. The summed E-state index contributed by atoms with van der Waals surface area (Å²) in [5.41, 5.74) is 3.18. The summed E-state index contributed by atoms with van der Waals surface area (Å²) in [5.74, 6) is -0.849. The zero-order chi connectivity index (χ0) is 18.9. The maximum Gasteiger partial charge on any atom is 0.213 e. The Morgan fingerprint density at radius 3 is 2.70 bits per heavy atom. The van der Waals surface area contributed by atoms with Gasteiger partial charge in [0, 0.05) is 34.4 Å². The molecule has 0 spiro atoms. The van der Waals surface area contributed by atoms with E-state index in [0.29, 0.717) is 29.6 Å². The molecular weight excluding hydrogens is 383 g/mol. The van der Waals surface area contributed by atoms with Gasteiger partial charge in [0.1, 0.15) is 0 Å². The molecule has 0 amide bonds. The maximum absolute atomic E-state index is 6.48. The molecule has 0 N–H and O–H groups in total. The fraction of sp³-hybridized carbons (Fsp3) is 0.286. The third-order valence-electron chi connectivity index (χ3n) is 4.76. The van der Waals surface area contributed by atoms with Crippen LogP contribution in [0, 0.1) is 6.92 Å². The van der Waals surface area contributed by atoms with Crippen molar-refractivity contribution in [1.82, 2.24) is 9.55 Å². The van der Waals surface area contributed by atoms with Crippen LogP contribution in [0.3, 0.4) is 0 Å². The van der Waals surface area contributed by atoms with E-state index in [1.807, 2.05) is 22.9 Å². The quantitative estimate of drug-likeness (QED) is 0.601. The largest absolute Gasteiger partial charge is 0.342 e. The average molecular weight is 403 g/mol. The van der Waals surface area contributed by atoms with Crippen LogP contribution in [0.1, 0.15) is 16.7 Å². The number of hydrogen-bond acceptors (Lipinski definition) is 3. The second-order valence-electron chi connectivity index (χ2n) is 6.84. The molecule has 2 unspecified atom stereocenters. The fourth-order valence-corrected chi connectivity index (χ4v) is 3.84. The van der Waals surface area contributed by atoms with E-state index < -0.39 is 5.79 Å². The number of rotatable bonds is 5. The number of aryl methyl sites for hydroxylation is 1. The zero-order valence-electron chi connectivity index (χ0n) is 14.9. The Morgan fingerprint density at radius 2 is 2.00 bits per heavy atom. The normalized spacial score (nSPS) is 22.3. The predicted octanol–water partition coefficient (Wildman–Crippen LogP) is 5.01. The van der Waals surface area contributed by atoms with Crippen LogP contribution in [0.5, 0.6) is 0 Å². The number of hydrogen-bond donors (Lipinski definition) is 0. The first-order valence-corrected chi connectivity index (χ1v) is 9.58. The van der Waals surface area contributed by atoms with Gasteiger partial charge in [-0.05, 0) is 24.6 Å². The van der Waals surface area contributed by atoms with Crippen LogP contribution in [-0.4, -0.2) is 22.3 Å². The molecule has 1 saturated heterocycles. The van der Waals surface area contributed by atoms with E-state index in [-0.39, 0.29) is 6.10 Å². The molecule has 2 heterocycles. The van der Waals surface area contributed by atoms with Crippen molar-refractivity contribution in [1.29, 1.82) is 0 Å². The molecule has 27 heavy (non-hydrogen) atoms. The number of imidazole rings is 1. The highest BCUT2D eigenvalue weighted by Gasteiger charge is 2.43. The second-order valence-corrected chi connectivity index (χ2v) is 7.69. The van der Waals surface area contributed by atoms with Gasteiger partial charge in [0.25, 0.3) is 0 Å². The lowest BCUT2D eigenvalue weighted by Crippen LogP contribution is -2.33. The molecule has 0 radical (unpaired) electrons. The molecule has 6 heteroatoms. The van der Waals surface area contributed by atoms with Gasteiger partial charge >= 0.3 is 0 Å². The second kappa shape index (κ2) is 7.64. The molecule has 2 atom stereocenters. The molecule has 0 aliphatic carbocycles. The highest BCUT2D eigenvalue weighted by atomic mass is 35.5. The van der Waals surface area contributed by atoms with Crippen molar-refractivity contribution in [3.63, 3.8) is 0 Å². The van der Waals surface area contributed by atoms with Crippen LogP contribution in [0.2, 0.25) is 10.0 Å². The van der Waals surface area contributed by atoms with Crippen LogP contribution in [0.4, 0.5) is 0 Å². The van der Waals surface area contributed by atoms with Crippen molar-refractivity contribution in [3.05, 3.63) is 87.9 Å². The number of benzene rings is 2. The fourth-order valence-electron chi connectivity index (χ4n) is 3.35. The van der Waals surface area contributed by atoms with Crippen molar-refractivity contribution < 1.29 is 9.47 Å². The third kappa shape index (κ3) is 4.04. The Bertz CT molecular complexity index is 912. The van der Waals surface area contributed by atoms with E-state index in [0.717, 1.165) is 11.1 Å². The highest BCUT2D eigenvalue weighted by Crippen LogP contribution is 2.37. The smallest absolute Gasteiger partial charge is 0.213 e. The van der Waals surface area contributed by atoms with Gasteiger partial charge in [-0.2, -0.15) is 0 Å². The number of halogens is 2. The van der Waals surface area contributed by atoms with E-state index in [1.54, 1.807) is 18.6 Å². The van der Waals surface area contributed by atoms with E-state index in [1.165, 1.54) is 5.56 Å². The Kier molecular flexibility index (Phi) is 5.24. The average Bonchev–Trinajstić information content (AvgIpc) is 3.29. The van der Waals surface area contributed by atoms with Crippen molar-refractivity contribution in [2.75, 3.05) is 6.61 Å². The van der Waals surface area contributed by atoms with E-state index in [4.69, 9.17) is 32.7 Å². The van der Waals surface area contributed by atoms with Gasteiger partial charge in [-0.3, -0.25) is 0 Å². The third-order valence-corrected chi connectivity index (χ3v) is 5.35. The molecule has 4 rings (SSSR count). The van der Waals surface area contributed by atoms with Crippen LogP contribution >= 0.6 is 23.2 Å². The molecule has 140 valence electrons. The summed E-state index contributed by atoms with van der Waals surface area (Å²) in [4.78, 5) is 4.13. The summed E-state index contributed by atoms with van der Waals surface area (Å²) in [7, 11) is 0. The van der Waals surface area contributed by atoms with Gasteiger partial charge in [-0.15, -0.1) is 0 Å². The minimum absolute atomic E-state index is 0.103. The lowest BCUT2D eigenvalue weighted by molar-refractivity contribution is -0.186. The molecule has 0 bridgehead atoms. The summed E-state index contributed by atoms with van der Waals surface area (Å²) < 4.78 is 14.7. The lowest BCUT2D eigenvalue weighted by atomic mass is 10.0. The molecular formula is C21H20Cl2N2O2.